The van der Waals surface area contributed by atoms with Crippen LogP contribution in [0, 0.1) is 0 Å². The maximum absolute atomic E-state index is 13.2. The molecule has 0 bridgehead atoms. The number of hydrogen-bond acceptors (Lipinski definition) is 6. The van der Waals surface area contributed by atoms with Crippen molar-refractivity contribution in [2.45, 2.75) is 12.3 Å². The summed E-state index contributed by atoms with van der Waals surface area (Å²) >= 11 is 0. The van der Waals surface area contributed by atoms with Gasteiger partial charge in [-0.2, -0.15) is 0 Å². The summed E-state index contributed by atoms with van der Waals surface area (Å²) in [6.45, 7) is 0. The molecule has 0 aromatic heterocycles. The van der Waals surface area contributed by atoms with Gasteiger partial charge in [0.15, 0.2) is 17.3 Å². The molecule has 5 rings (SSSR count). The zero-order valence-electron chi connectivity index (χ0n) is 17.6. The van der Waals surface area contributed by atoms with Crippen LogP contribution in [0.1, 0.15) is 39.4 Å². The summed E-state index contributed by atoms with van der Waals surface area (Å²) in [5.74, 6) is 1.27. The van der Waals surface area contributed by atoms with E-state index in [1.807, 2.05) is 42.5 Å². The van der Waals surface area contributed by atoms with E-state index in [0.717, 1.165) is 5.56 Å². The molecule has 0 radical (unpaired) electrons. The number of ether oxygens (including phenoxy) is 4. The summed E-state index contributed by atoms with van der Waals surface area (Å²) in [6.07, 6.45) is 1.82. The molecule has 3 aromatic carbocycles. The van der Waals surface area contributed by atoms with E-state index in [9.17, 15) is 9.59 Å². The summed E-state index contributed by atoms with van der Waals surface area (Å²) in [7, 11) is 3.10. The first-order valence-corrected chi connectivity index (χ1v) is 10.2. The van der Waals surface area contributed by atoms with E-state index in [1.165, 1.54) is 0 Å². The van der Waals surface area contributed by atoms with Crippen molar-refractivity contribution in [1.82, 2.24) is 0 Å². The van der Waals surface area contributed by atoms with Gasteiger partial charge in [0.2, 0.25) is 5.78 Å². The second-order valence-electron chi connectivity index (χ2n) is 7.52. The third kappa shape index (κ3) is 3.21. The average Bonchev–Trinajstić information content (AvgIpc) is 3.14. The molecule has 0 unspecified atom stereocenters. The Balaban J connectivity index is 1.61. The first-order chi connectivity index (χ1) is 15.6. The molecular formula is C26H20O6. The lowest BCUT2D eigenvalue weighted by Crippen LogP contribution is -2.21. The van der Waals surface area contributed by atoms with Gasteiger partial charge in [0.05, 0.1) is 26.2 Å². The molecule has 0 fully saturated rings. The van der Waals surface area contributed by atoms with E-state index >= 15 is 0 Å². The van der Waals surface area contributed by atoms with Crippen molar-refractivity contribution >= 4 is 17.8 Å². The second-order valence-corrected chi connectivity index (χ2v) is 7.52. The number of rotatable bonds is 4. The van der Waals surface area contributed by atoms with Gasteiger partial charge in [0, 0.05) is 17.0 Å². The van der Waals surface area contributed by atoms with Gasteiger partial charge in [-0.25, -0.2) is 0 Å². The van der Waals surface area contributed by atoms with Crippen molar-refractivity contribution in [1.29, 1.82) is 0 Å². The van der Waals surface area contributed by atoms with Gasteiger partial charge in [-0.05, 0) is 29.8 Å². The van der Waals surface area contributed by atoms with Crippen LogP contribution in [0.2, 0.25) is 0 Å². The molecule has 2 aliphatic heterocycles. The fourth-order valence-corrected chi connectivity index (χ4v) is 4.24. The molecule has 1 atom stereocenters. The van der Waals surface area contributed by atoms with Gasteiger partial charge < -0.3 is 18.9 Å². The highest BCUT2D eigenvalue weighted by atomic mass is 16.5. The zero-order valence-corrected chi connectivity index (χ0v) is 17.6. The first-order valence-electron chi connectivity index (χ1n) is 10.2. The average molecular weight is 428 g/mol. The highest BCUT2D eigenvalue weighted by Gasteiger charge is 2.38. The number of fused-ring (bicyclic) bond motifs is 3. The van der Waals surface area contributed by atoms with E-state index in [-0.39, 0.29) is 29.9 Å². The van der Waals surface area contributed by atoms with Crippen molar-refractivity contribution in [3.63, 3.8) is 0 Å². The minimum absolute atomic E-state index is 0.170. The highest BCUT2D eigenvalue weighted by molar-refractivity contribution is 6.15. The molecule has 0 amide bonds. The minimum Gasteiger partial charge on any atom is -0.493 e. The lowest BCUT2D eigenvalue weighted by atomic mass is 9.85. The third-order valence-corrected chi connectivity index (χ3v) is 5.70. The summed E-state index contributed by atoms with van der Waals surface area (Å²) < 4.78 is 22.4. The SMILES string of the molecule is COc1cccc(/C=C2\Oc3c(ccc4c3[C@H](c3ccccc3)CC(=O)O4)C2=O)c1OC. The Morgan fingerprint density at radius 1 is 0.906 bits per heavy atom. The van der Waals surface area contributed by atoms with Crippen LogP contribution in [0.4, 0.5) is 0 Å². The molecule has 32 heavy (non-hydrogen) atoms. The van der Waals surface area contributed by atoms with Crippen LogP contribution in [0.5, 0.6) is 23.0 Å². The van der Waals surface area contributed by atoms with E-state index in [1.54, 1.807) is 38.5 Å². The number of ketones is 1. The molecule has 0 aliphatic carbocycles. The molecule has 3 aromatic rings. The minimum atomic E-state index is -0.312. The molecule has 2 heterocycles. The van der Waals surface area contributed by atoms with Crippen molar-refractivity contribution in [3.8, 4) is 23.0 Å². The molecule has 0 N–H and O–H groups in total. The Morgan fingerprint density at radius 2 is 1.72 bits per heavy atom. The summed E-state index contributed by atoms with van der Waals surface area (Å²) in [5.41, 5.74) is 2.77. The van der Waals surface area contributed by atoms with Crippen molar-refractivity contribution in [2.24, 2.45) is 0 Å². The fourth-order valence-electron chi connectivity index (χ4n) is 4.24. The van der Waals surface area contributed by atoms with E-state index in [2.05, 4.69) is 0 Å². The maximum atomic E-state index is 13.2. The number of para-hydroxylation sites is 1. The molecular weight excluding hydrogens is 408 g/mol. The van der Waals surface area contributed by atoms with Crippen LogP contribution in [0.15, 0.2) is 66.4 Å². The van der Waals surface area contributed by atoms with Gasteiger partial charge in [0.1, 0.15) is 11.5 Å². The number of benzene rings is 3. The number of carbonyl (C=O) groups excluding carboxylic acids is 2. The quantitative estimate of drug-likeness (QED) is 0.339. The smallest absolute Gasteiger partial charge is 0.312 e. The molecule has 0 saturated heterocycles. The molecule has 0 saturated carbocycles. The second kappa shape index (κ2) is 7.89. The lowest BCUT2D eigenvalue weighted by Gasteiger charge is -2.26. The number of allylic oxidation sites excluding steroid dienone is 1. The molecule has 6 heteroatoms. The zero-order chi connectivity index (χ0) is 22.2. The van der Waals surface area contributed by atoms with E-state index in [0.29, 0.717) is 39.7 Å². The van der Waals surface area contributed by atoms with Crippen LogP contribution in [0.25, 0.3) is 6.08 Å². The van der Waals surface area contributed by atoms with Crippen molar-refractivity contribution < 1.29 is 28.5 Å². The monoisotopic (exact) mass is 428 g/mol. The predicted octanol–water partition coefficient (Wildman–Crippen LogP) is 4.76. The Labute approximate surface area is 185 Å². The maximum Gasteiger partial charge on any atom is 0.312 e. The van der Waals surface area contributed by atoms with Crippen LogP contribution in [-0.4, -0.2) is 26.0 Å². The van der Waals surface area contributed by atoms with Crippen LogP contribution >= 0.6 is 0 Å². The van der Waals surface area contributed by atoms with E-state index < -0.39 is 0 Å². The van der Waals surface area contributed by atoms with Gasteiger partial charge in [-0.15, -0.1) is 0 Å². The summed E-state index contributed by atoms with van der Waals surface area (Å²) in [6, 6.07) is 18.4. The summed E-state index contributed by atoms with van der Waals surface area (Å²) in [5, 5.41) is 0. The number of hydrogen-bond donors (Lipinski definition) is 0. The standard InChI is InChI=1S/C26H20O6/c1-29-20-10-6-9-16(25(20)30-2)13-21-24(28)17-11-12-19-23(26(17)32-21)18(14-22(27)31-19)15-7-4-3-5-8-15/h3-13,18H,14H2,1-2H3/b21-13-/t18-/m0/s1. The number of esters is 1. The van der Waals surface area contributed by atoms with Crippen LogP contribution in [-0.2, 0) is 4.79 Å². The fraction of sp³-hybridized carbons (Fsp3) is 0.154. The number of Topliss-reactive ketones (excluding diaryl/α,β-unsaturated/α-hetero) is 1. The largest absolute Gasteiger partial charge is 0.493 e. The number of methoxy groups -OCH3 is 2. The normalized spacial score (nSPS) is 17.9. The van der Waals surface area contributed by atoms with Crippen molar-refractivity contribution in [2.75, 3.05) is 14.2 Å². The van der Waals surface area contributed by atoms with Gasteiger partial charge >= 0.3 is 5.97 Å². The Kier molecular flexibility index (Phi) is 4.90. The van der Waals surface area contributed by atoms with E-state index in [4.69, 9.17) is 18.9 Å². The van der Waals surface area contributed by atoms with Crippen LogP contribution in [0.3, 0.4) is 0 Å². The molecule has 160 valence electrons. The third-order valence-electron chi connectivity index (χ3n) is 5.70. The van der Waals surface area contributed by atoms with Gasteiger partial charge in [0.25, 0.3) is 0 Å². The van der Waals surface area contributed by atoms with Crippen LogP contribution < -0.4 is 18.9 Å². The molecule has 2 aliphatic rings. The molecule has 0 spiro atoms. The first kappa shape index (κ1) is 19.9. The predicted molar refractivity (Wildman–Crippen MR) is 117 cm³/mol. The topological polar surface area (TPSA) is 71.1 Å². The Morgan fingerprint density at radius 3 is 2.47 bits per heavy atom. The molecule has 6 nitrogen and oxygen atoms in total. The summed E-state index contributed by atoms with van der Waals surface area (Å²) in [4.78, 5) is 25.4. The lowest BCUT2D eigenvalue weighted by molar-refractivity contribution is -0.135. The Bertz CT molecular complexity index is 1260. The van der Waals surface area contributed by atoms with Gasteiger partial charge in [-0.1, -0.05) is 42.5 Å². The van der Waals surface area contributed by atoms with Gasteiger partial charge in [-0.3, -0.25) is 9.59 Å². The number of carbonyl (C=O) groups is 2. The van der Waals surface area contributed by atoms with Crippen molar-refractivity contribution in [3.05, 3.63) is 88.7 Å². The Hall–Kier alpha value is -4.06. The highest BCUT2D eigenvalue weighted by Crippen LogP contribution is 2.49.